The van der Waals surface area contributed by atoms with E-state index in [0.29, 0.717) is 19.5 Å². The van der Waals surface area contributed by atoms with Gasteiger partial charge in [0.05, 0.1) is 23.2 Å². The second-order valence-electron chi connectivity index (χ2n) is 5.89. The molecule has 6 nitrogen and oxygen atoms in total. The second-order valence-corrected chi connectivity index (χ2v) is 6.83. The quantitative estimate of drug-likeness (QED) is 0.928. The molecule has 0 bridgehead atoms. The van der Waals surface area contributed by atoms with Gasteiger partial charge in [0.15, 0.2) is 0 Å². The normalized spacial score (nSPS) is 22.1. The Labute approximate surface area is 128 Å². The molecule has 1 unspecified atom stereocenters. The topological polar surface area (TPSA) is 73.7 Å². The monoisotopic (exact) mass is 311 g/mol. The van der Waals surface area contributed by atoms with Crippen molar-refractivity contribution in [3.05, 3.63) is 16.1 Å². The summed E-state index contributed by atoms with van der Waals surface area (Å²) in [4.78, 5) is 32.4. The Morgan fingerprint density at radius 1 is 1.57 bits per heavy atom. The van der Waals surface area contributed by atoms with Gasteiger partial charge < -0.3 is 14.9 Å². The smallest absolute Gasteiger partial charge is 0.320 e. The predicted octanol–water partition coefficient (Wildman–Crippen LogP) is 2.19. The molecule has 0 spiro atoms. The fourth-order valence-corrected chi connectivity index (χ4v) is 3.41. The van der Waals surface area contributed by atoms with Crippen LogP contribution in [-0.4, -0.2) is 52.0 Å². The van der Waals surface area contributed by atoms with Crippen molar-refractivity contribution >= 4 is 23.3 Å². The van der Waals surface area contributed by atoms with Gasteiger partial charge in [-0.3, -0.25) is 4.79 Å². The van der Waals surface area contributed by atoms with Crippen LogP contribution in [0.25, 0.3) is 0 Å². The molecule has 1 saturated heterocycles. The maximum atomic E-state index is 12.5. The number of carboxylic acids is 1. The third-order valence-electron chi connectivity index (χ3n) is 4.04. The molecule has 1 fully saturated rings. The molecule has 0 radical (unpaired) electrons. The van der Waals surface area contributed by atoms with Gasteiger partial charge in [0.1, 0.15) is 0 Å². The number of thiazole rings is 1. The molecule has 0 aliphatic carbocycles. The summed E-state index contributed by atoms with van der Waals surface area (Å²) >= 11 is 1.53. The van der Waals surface area contributed by atoms with Gasteiger partial charge >= 0.3 is 12.0 Å². The lowest BCUT2D eigenvalue weighted by Gasteiger charge is -2.39. The van der Waals surface area contributed by atoms with Crippen molar-refractivity contribution in [3.8, 4) is 0 Å². The van der Waals surface area contributed by atoms with Crippen molar-refractivity contribution in [1.82, 2.24) is 14.8 Å². The van der Waals surface area contributed by atoms with E-state index < -0.39 is 11.4 Å². The van der Waals surface area contributed by atoms with Crippen molar-refractivity contribution in [2.24, 2.45) is 5.41 Å². The van der Waals surface area contributed by atoms with Crippen LogP contribution in [0.3, 0.4) is 0 Å². The zero-order chi connectivity index (χ0) is 15.6. The highest BCUT2D eigenvalue weighted by Gasteiger charge is 2.40. The first-order chi connectivity index (χ1) is 9.83. The third kappa shape index (κ3) is 3.34. The van der Waals surface area contributed by atoms with E-state index in [-0.39, 0.29) is 12.6 Å². The average Bonchev–Trinajstić information content (AvgIpc) is 2.83. The molecule has 116 valence electrons. The Bertz CT molecular complexity index is 545. The summed E-state index contributed by atoms with van der Waals surface area (Å²) in [6.07, 6.45) is 1.34. The lowest BCUT2D eigenvalue weighted by Crippen LogP contribution is -2.51. The number of piperidine rings is 1. The summed E-state index contributed by atoms with van der Waals surface area (Å²) in [5, 5.41) is 9.32. The molecule has 1 N–H and O–H groups in total. The summed E-state index contributed by atoms with van der Waals surface area (Å²) in [6.45, 7) is 5.03. The zero-order valence-corrected chi connectivity index (χ0v) is 13.4. The van der Waals surface area contributed by atoms with E-state index in [2.05, 4.69) is 4.98 Å². The van der Waals surface area contributed by atoms with E-state index in [1.54, 1.807) is 29.3 Å². The van der Waals surface area contributed by atoms with E-state index in [1.165, 1.54) is 11.3 Å². The fourth-order valence-electron chi connectivity index (χ4n) is 2.58. The van der Waals surface area contributed by atoms with Crippen molar-refractivity contribution in [2.75, 3.05) is 20.1 Å². The molecule has 1 aromatic heterocycles. The Kier molecular flexibility index (Phi) is 4.51. The zero-order valence-electron chi connectivity index (χ0n) is 12.6. The minimum absolute atomic E-state index is 0.116. The Hall–Kier alpha value is -1.63. The number of rotatable bonds is 3. The van der Waals surface area contributed by atoms with Gasteiger partial charge in [0, 0.05) is 25.0 Å². The van der Waals surface area contributed by atoms with Gasteiger partial charge in [-0.1, -0.05) is 0 Å². The molecule has 2 heterocycles. The van der Waals surface area contributed by atoms with Crippen LogP contribution in [0.2, 0.25) is 0 Å². The van der Waals surface area contributed by atoms with E-state index in [1.807, 2.05) is 6.92 Å². The molecule has 1 aromatic rings. The number of aromatic nitrogens is 1. The molecule has 2 amide bonds. The molecule has 1 aliphatic rings. The van der Waals surface area contributed by atoms with Crippen molar-refractivity contribution in [2.45, 2.75) is 33.2 Å². The number of carbonyl (C=O) groups is 2. The molecule has 7 heteroatoms. The average molecular weight is 311 g/mol. The number of amides is 2. The van der Waals surface area contributed by atoms with Crippen LogP contribution in [0.4, 0.5) is 4.79 Å². The van der Waals surface area contributed by atoms with E-state index in [4.69, 9.17) is 0 Å². The number of aliphatic carboxylic acids is 1. The summed E-state index contributed by atoms with van der Waals surface area (Å²) in [5.41, 5.74) is 1.87. The first kappa shape index (κ1) is 15.8. The first-order valence-electron chi connectivity index (χ1n) is 6.96. The largest absolute Gasteiger partial charge is 0.481 e. The minimum Gasteiger partial charge on any atom is -0.481 e. The second kappa shape index (κ2) is 6.01. The van der Waals surface area contributed by atoms with Crippen LogP contribution in [-0.2, 0) is 11.3 Å². The van der Waals surface area contributed by atoms with Crippen LogP contribution in [0.1, 0.15) is 30.3 Å². The Balaban J connectivity index is 2.02. The number of carboxylic acid groups (broad SMARTS) is 1. The number of urea groups is 1. The van der Waals surface area contributed by atoms with Gasteiger partial charge in [0.2, 0.25) is 0 Å². The number of hydrogen-bond donors (Lipinski definition) is 1. The predicted molar refractivity (Wildman–Crippen MR) is 80.3 cm³/mol. The number of carbonyl (C=O) groups excluding carboxylic acids is 1. The van der Waals surface area contributed by atoms with E-state index in [9.17, 15) is 14.7 Å². The van der Waals surface area contributed by atoms with Gasteiger partial charge in [-0.05, 0) is 26.7 Å². The Morgan fingerprint density at radius 2 is 2.29 bits per heavy atom. The summed E-state index contributed by atoms with van der Waals surface area (Å²) in [7, 11) is 1.74. The summed E-state index contributed by atoms with van der Waals surface area (Å²) in [5.74, 6) is -0.832. The molecule has 0 saturated carbocycles. The molecule has 21 heavy (non-hydrogen) atoms. The van der Waals surface area contributed by atoms with Gasteiger partial charge in [0.25, 0.3) is 0 Å². The van der Waals surface area contributed by atoms with Gasteiger partial charge in [-0.25, -0.2) is 9.78 Å². The molecule has 2 rings (SSSR count). The minimum atomic E-state index is -0.838. The highest BCUT2D eigenvalue weighted by Crippen LogP contribution is 2.30. The highest BCUT2D eigenvalue weighted by atomic mass is 32.1. The van der Waals surface area contributed by atoms with Crippen LogP contribution in [0.5, 0.6) is 0 Å². The van der Waals surface area contributed by atoms with Crippen LogP contribution in [0, 0.1) is 12.3 Å². The third-order valence-corrected chi connectivity index (χ3v) is 4.96. The Morgan fingerprint density at radius 3 is 2.86 bits per heavy atom. The number of aryl methyl sites for hydroxylation is 1. The molecule has 1 atom stereocenters. The van der Waals surface area contributed by atoms with Crippen molar-refractivity contribution in [1.29, 1.82) is 0 Å². The van der Waals surface area contributed by atoms with Crippen LogP contribution >= 0.6 is 11.3 Å². The lowest BCUT2D eigenvalue weighted by molar-refractivity contribution is -0.150. The maximum absolute atomic E-state index is 12.5. The lowest BCUT2D eigenvalue weighted by atomic mass is 9.82. The number of likely N-dealkylation sites (tertiary alicyclic amines) is 1. The number of nitrogens with zero attached hydrogens (tertiary/aromatic N) is 3. The first-order valence-corrected chi connectivity index (χ1v) is 7.84. The van der Waals surface area contributed by atoms with Crippen molar-refractivity contribution < 1.29 is 14.7 Å². The van der Waals surface area contributed by atoms with Gasteiger partial charge in [-0.2, -0.15) is 0 Å². The molecular formula is C14H21N3O3S. The highest BCUT2D eigenvalue weighted by molar-refractivity contribution is 7.09. The molecule has 1 aliphatic heterocycles. The maximum Gasteiger partial charge on any atom is 0.320 e. The van der Waals surface area contributed by atoms with Crippen LogP contribution < -0.4 is 0 Å². The SMILES string of the molecule is Cc1ncsc1CN(C)C(=O)N1CCCC(C)(C(=O)O)C1. The van der Waals surface area contributed by atoms with E-state index in [0.717, 1.165) is 17.0 Å². The number of hydrogen-bond acceptors (Lipinski definition) is 4. The molecular weight excluding hydrogens is 290 g/mol. The van der Waals surface area contributed by atoms with E-state index >= 15 is 0 Å². The summed E-state index contributed by atoms with van der Waals surface area (Å²) < 4.78 is 0. The molecule has 0 aromatic carbocycles. The standard InChI is InChI=1S/C14H21N3O3S/c1-10-11(21-9-15-10)7-16(3)13(20)17-6-4-5-14(2,8-17)12(18)19/h9H,4-8H2,1-3H3,(H,18,19). The van der Waals surface area contributed by atoms with Gasteiger partial charge in [-0.15, -0.1) is 11.3 Å². The summed E-state index contributed by atoms with van der Waals surface area (Å²) in [6, 6.07) is -0.116. The fraction of sp³-hybridized carbons (Fsp3) is 0.643. The van der Waals surface area contributed by atoms with Crippen molar-refractivity contribution in [3.63, 3.8) is 0 Å². The van der Waals surface area contributed by atoms with Crippen LogP contribution in [0.15, 0.2) is 5.51 Å².